The van der Waals surface area contributed by atoms with Gasteiger partial charge in [-0.15, -0.1) is 0 Å². The Bertz CT molecular complexity index is 2490. The lowest BCUT2D eigenvalue weighted by atomic mass is 9.99. The van der Waals surface area contributed by atoms with Gasteiger partial charge in [-0.2, -0.15) is 0 Å². The molecule has 10 atom stereocenters. The summed E-state index contributed by atoms with van der Waals surface area (Å²) in [5, 5.41) is 60.1. The van der Waals surface area contributed by atoms with E-state index in [1.807, 2.05) is 0 Å². The van der Waals surface area contributed by atoms with Crippen LogP contribution in [0.25, 0.3) is 0 Å². The van der Waals surface area contributed by atoms with Crippen LogP contribution < -0.4 is 59.3 Å². The summed E-state index contributed by atoms with van der Waals surface area (Å²) in [6.07, 6.45) is 1.03. The van der Waals surface area contributed by atoms with E-state index in [9.17, 15) is 82.8 Å². The van der Waals surface area contributed by atoms with Gasteiger partial charge in [0.15, 0.2) is 0 Å². The maximum absolute atomic E-state index is 14.3. The molecule has 2 aromatic rings. The number of nitrogens with one attached hydrogen (secondary N) is 11. The van der Waals surface area contributed by atoms with Gasteiger partial charge >= 0.3 is 17.9 Å². The number of nitrogens with two attached hydrogens (primary N) is 2. The van der Waals surface area contributed by atoms with Gasteiger partial charge in [0.25, 0.3) is 0 Å². The normalized spacial score (nSPS) is 14.9. The highest BCUT2D eigenvalue weighted by Gasteiger charge is 2.37. The molecule has 0 spiro atoms. The van der Waals surface area contributed by atoms with E-state index in [4.69, 9.17) is 11.5 Å². The van der Waals surface area contributed by atoms with Crippen molar-refractivity contribution in [3.63, 3.8) is 0 Å². The molecular weight excluding hydrogens is 1070 g/mol. The predicted octanol–water partition coefficient (Wildman–Crippen LogP) is -4.94. The number of carbonyl (C=O) groups excluding carboxylic acids is 10. The van der Waals surface area contributed by atoms with Crippen LogP contribution in [-0.2, 0) is 75.2 Å². The SMILES string of the molecule is CC(C)C[C@H](NC(=O)[C@H](CC(C)C)NC(=O)[C@H](CCC(N)=O)NC(=O)[C@H](Cc1cnc[nH]1)NC(=O)[C@H](CCC(=O)O)NC(=O)[C@H](CO)NC(=O)[C@@H](NC(=O)[C@H](C)N)C(C)C)C(=O)N[C@@H](Cc1cnc[nH]1)C(=O)N[C@@H](CC(=O)O)C(=O)O. The van der Waals surface area contributed by atoms with Crippen molar-refractivity contribution in [2.24, 2.45) is 29.2 Å². The van der Waals surface area contributed by atoms with Gasteiger partial charge in [0.2, 0.25) is 59.1 Å². The van der Waals surface area contributed by atoms with E-state index in [2.05, 4.69) is 67.8 Å². The number of rotatable bonds is 37. The summed E-state index contributed by atoms with van der Waals surface area (Å²) in [4.78, 5) is 184. The van der Waals surface area contributed by atoms with Crippen LogP contribution in [0.15, 0.2) is 25.0 Å². The fourth-order valence-electron chi connectivity index (χ4n) is 7.71. The Labute approximate surface area is 465 Å². The van der Waals surface area contributed by atoms with Crippen LogP contribution in [0.4, 0.5) is 0 Å². The van der Waals surface area contributed by atoms with Gasteiger partial charge in [-0.05, 0) is 50.4 Å². The van der Waals surface area contributed by atoms with E-state index in [1.54, 1.807) is 41.5 Å². The largest absolute Gasteiger partial charge is 0.481 e. The topological polar surface area (TPSA) is 520 Å². The second-order valence-electron chi connectivity index (χ2n) is 20.4. The highest BCUT2D eigenvalue weighted by Crippen LogP contribution is 2.13. The van der Waals surface area contributed by atoms with E-state index < -0.39 is 182 Å². The van der Waals surface area contributed by atoms with Crippen molar-refractivity contribution in [2.45, 2.75) is 167 Å². The molecule has 81 heavy (non-hydrogen) atoms. The van der Waals surface area contributed by atoms with Crippen LogP contribution in [0.1, 0.15) is 105 Å². The highest BCUT2D eigenvalue weighted by atomic mass is 16.4. The third-order valence-electron chi connectivity index (χ3n) is 12.0. The summed E-state index contributed by atoms with van der Waals surface area (Å²) in [5.74, 6) is -15.7. The molecule has 0 aliphatic rings. The highest BCUT2D eigenvalue weighted by molar-refractivity contribution is 5.99. The summed E-state index contributed by atoms with van der Waals surface area (Å²) in [7, 11) is 0. The maximum Gasteiger partial charge on any atom is 0.326 e. The molecule has 450 valence electrons. The van der Waals surface area contributed by atoms with Gasteiger partial charge in [-0.3, -0.25) is 57.5 Å². The molecule has 2 aromatic heterocycles. The van der Waals surface area contributed by atoms with Crippen LogP contribution in [0, 0.1) is 17.8 Å². The minimum Gasteiger partial charge on any atom is -0.481 e. The number of hydrogen-bond acceptors (Lipinski definition) is 17. The molecule has 10 amide bonds. The number of aliphatic hydroxyl groups is 1. The molecule has 0 saturated carbocycles. The summed E-state index contributed by atoms with van der Waals surface area (Å²) >= 11 is 0. The number of carboxylic acid groups (broad SMARTS) is 3. The Balaban J connectivity index is 2.48. The third-order valence-corrected chi connectivity index (χ3v) is 12.0. The number of hydrogen-bond donors (Lipinski definition) is 17. The van der Waals surface area contributed by atoms with E-state index >= 15 is 0 Å². The molecule has 0 aliphatic carbocycles. The van der Waals surface area contributed by atoms with Crippen molar-refractivity contribution < 1.29 is 82.8 Å². The Morgan fingerprint density at radius 1 is 0.481 bits per heavy atom. The molecule has 0 unspecified atom stereocenters. The van der Waals surface area contributed by atoms with Crippen molar-refractivity contribution >= 4 is 77.0 Å². The van der Waals surface area contributed by atoms with Crippen molar-refractivity contribution in [1.82, 2.24) is 67.8 Å². The number of aromatic amines is 2. The van der Waals surface area contributed by atoms with Crippen molar-refractivity contribution in [1.29, 1.82) is 0 Å². The quantitative estimate of drug-likeness (QED) is 0.0301. The van der Waals surface area contributed by atoms with Gasteiger partial charge in [-0.25, -0.2) is 14.8 Å². The molecule has 19 N–H and O–H groups in total. The third kappa shape index (κ3) is 25.0. The fourth-order valence-corrected chi connectivity index (χ4v) is 7.71. The molecule has 2 rings (SSSR count). The number of aromatic nitrogens is 4. The zero-order valence-corrected chi connectivity index (χ0v) is 46.0. The summed E-state index contributed by atoms with van der Waals surface area (Å²) < 4.78 is 0. The molecule has 0 bridgehead atoms. The van der Waals surface area contributed by atoms with Gasteiger partial charge in [0.1, 0.15) is 54.4 Å². The lowest BCUT2D eigenvalue weighted by Gasteiger charge is -2.29. The van der Waals surface area contributed by atoms with E-state index in [0.29, 0.717) is 5.69 Å². The number of primary amides is 1. The zero-order valence-electron chi connectivity index (χ0n) is 46.0. The number of carboxylic acids is 3. The Hall–Kier alpha value is -8.55. The predicted molar refractivity (Wildman–Crippen MR) is 282 cm³/mol. The van der Waals surface area contributed by atoms with Crippen molar-refractivity contribution in [3.05, 3.63) is 36.4 Å². The Morgan fingerprint density at radius 2 is 0.852 bits per heavy atom. The van der Waals surface area contributed by atoms with Crippen molar-refractivity contribution in [3.8, 4) is 0 Å². The minimum absolute atomic E-state index is 0.0517. The lowest BCUT2D eigenvalue weighted by molar-refractivity contribution is -0.147. The number of H-pyrrole nitrogens is 2. The first-order valence-electron chi connectivity index (χ1n) is 25.9. The van der Waals surface area contributed by atoms with E-state index in [-0.39, 0.29) is 43.2 Å². The van der Waals surface area contributed by atoms with Crippen LogP contribution in [0.2, 0.25) is 0 Å². The maximum atomic E-state index is 14.3. The molecule has 0 aromatic carbocycles. The smallest absolute Gasteiger partial charge is 0.326 e. The standard InChI is InChI=1S/C49H77N15O17/c1-22(2)12-30(43(74)59-31(13-23(3)4)44(75)61-33(15-27-18-53-21-55-27)46(77)62-34(49(80)81)16-38(69)70)58-41(72)28(8-10-36(51)66)56-45(76)32(14-26-17-52-20-54-26)60-42(73)29(9-11-37(67)68)57-47(78)35(19-65)63-48(79)39(24(5)6)64-40(71)25(7)50/h17-18,20-25,28-35,39,65H,8-16,19,50H2,1-7H3,(H2,51,66)(H,52,54)(H,53,55)(H,56,76)(H,57,78)(H,58,72)(H,59,74)(H,60,73)(H,61,75)(H,62,77)(H,63,79)(H,64,71)(H,67,68)(H,69,70)(H,80,81)/t25-,28-,29-,30-,31-,32-,33-,34-,35-,39-/m0/s1. The van der Waals surface area contributed by atoms with Gasteiger partial charge in [0.05, 0.1) is 31.7 Å². The molecule has 0 aliphatic heterocycles. The van der Waals surface area contributed by atoms with Crippen LogP contribution >= 0.6 is 0 Å². The Kier molecular flexibility index (Phi) is 28.6. The summed E-state index contributed by atoms with van der Waals surface area (Å²) in [6, 6.07) is -15.4. The monoisotopic (exact) mass is 1150 g/mol. The van der Waals surface area contributed by atoms with Crippen LogP contribution in [0.3, 0.4) is 0 Å². The molecular formula is C49H77N15O17. The number of aliphatic carboxylic acids is 3. The number of carbonyl (C=O) groups is 13. The lowest BCUT2D eigenvalue weighted by Crippen LogP contribution is -2.61. The second kappa shape index (κ2) is 33.8. The first kappa shape index (κ1) is 68.6. The first-order chi connectivity index (χ1) is 37.9. The average molecular weight is 1150 g/mol. The number of aliphatic hydroxyl groups excluding tert-OH is 1. The fraction of sp³-hybridized carbons (Fsp3) is 0.612. The second-order valence-corrected chi connectivity index (χ2v) is 20.4. The molecule has 32 nitrogen and oxygen atoms in total. The molecule has 2 heterocycles. The number of amides is 10. The number of nitrogens with zero attached hydrogens (tertiary/aromatic N) is 2. The van der Waals surface area contributed by atoms with Crippen molar-refractivity contribution in [2.75, 3.05) is 6.61 Å². The molecule has 0 radical (unpaired) electrons. The Morgan fingerprint density at radius 3 is 1.20 bits per heavy atom. The molecule has 0 saturated heterocycles. The van der Waals surface area contributed by atoms with Crippen LogP contribution in [0.5, 0.6) is 0 Å². The zero-order chi connectivity index (χ0) is 61.3. The van der Waals surface area contributed by atoms with Gasteiger partial charge in [-0.1, -0.05) is 41.5 Å². The molecule has 32 heteroatoms. The minimum atomic E-state index is -1.88. The molecule has 0 fully saturated rings. The van der Waals surface area contributed by atoms with E-state index in [0.717, 1.165) is 0 Å². The first-order valence-corrected chi connectivity index (χ1v) is 25.9. The average Bonchev–Trinajstić information content (AvgIpc) is 4.11. The summed E-state index contributed by atoms with van der Waals surface area (Å²) in [5.41, 5.74) is 11.6. The van der Waals surface area contributed by atoms with Gasteiger partial charge in [0, 0.05) is 49.5 Å². The van der Waals surface area contributed by atoms with E-state index in [1.165, 1.54) is 32.0 Å². The number of imidazole rings is 2. The van der Waals surface area contributed by atoms with Crippen LogP contribution in [-0.4, -0.2) is 184 Å². The van der Waals surface area contributed by atoms with Gasteiger partial charge < -0.3 is 89.7 Å². The summed E-state index contributed by atoms with van der Waals surface area (Å²) in [6.45, 7) is 10.3.